The third-order valence-corrected chi connectivity index (χ3v) is 10.4. The highest BCUT2D eigenvalue weighted by Crippen LogP contribution is 2.54. The van der Waals surface area contributed by atoms with E-state index in [9.17, 15) is 34.8 Å². The molecule has 0 saturated heterocycles. The molecule has 0 spiro atoms. The maximum atomic E-state index is 14.2. The van der Waals surface area contributed by atoms with Gasteiger partial charge in [0.15, 0.2) is 11.4 Å². The number of carbonyl (C=O) groups excluding carboxylic acids is 3. The van der Waals surface area contributed by atoms with Crippen LogP contribution in [0.1, 0.15) is 55.2 Å². The number of ether oxygens (including phenoxy) is 1. The fraction of sp³-hybridized carbons (Fsp3) is 0.457. The molecule has 11 heteroatoms. The summed E-state index contributed by atoms with van der Waals surface area (Å²) in [5.41, 5.74) is 4.84. The lowest BCUT2D eigenvalue weighted by atomic mass is 9.57. The number of aliphatic hydroxyl groups is 3. The minimum Gasteiger partial charge on any atom is -0.508 e. The number of phenols is 1. The molecule has 0 radical (unpaired) electrons. The fourth-order valence-electron chi connectivity index (χ4n) is 8.14. The molecule has 4 aliphatic carbocycles. The molecular formula is C35H41N3O8. The highest BCUT2D eigenvalue weighted by Gasteiger charge is 2.64. The summed E-state index contributed by atoms with van der Waals surface area (Å²) in [7, 11) is 4.72. The topological polar surface area (TPSA) is 183 Å². The summed E-state index contributed by atoms with van der Waals surface area (Å²) in [6.45, 7) is 0.666. The van der Waals surface area contributed by atoms with Crippen molar-refractivity contribution in [3.8, 4) is 22.6 Å². The SMILES string of the molecule is COc1ccc(CNC2CCCCC2)cc1-c1ccc(O)c2c1C[C@@H]1C[C@@H]3[C@@H](N(C)C)C(=O)C(C(N)=O)=C(O)[C@]3(O)C(=O)C1=C2O. The van der Waals surface area contributed by atoms with Gasteiger partial charge in [-0.05, 0) is 80.6 Å². The molecule has 0 aliphatic heterocycles. The van der Waals surface area contributed by atoms with E-state index in [0.29, 0.717) is 29.5 Å². The van der Waals surface area contributed by atoms with Gasteiger partial charge in [0.05, 0.1) is 18.7 Å². The number of nitrogens with two attached hydrogens (primary N) is 1. The van der Waals surface area contributed by atoms with Crippen LogP contribution >= 0.6 is 0 Å². The lowest BCUT2D eigenvalue weighted by molar-refractivity contribution is -0.153. The molecule has 7 N–H and O–H groups in total. The van der Waals surface area contributed by atoms with Crippen LogP contribution in [0.4, 0.5) is 0 Å². The van der Waals surface area contributed by atoms with Gasteiger partial charge in [0, 0.05) is 29.6 Å². The molecular weight excluding hydrogens is 590 g/mol. The number of nitrogens with one attached hydrogen (secondary N) is 1. The number of Topliss-reactive ketones (excluding diaryl/α,β-unsaturated/α-hetero) is 2. The Kier molecular flexibility index (Phi) is 8.20. The summed E-state index contributed by atoms with van der Waals surface area (Å²) in [6, 6.07) is 8.43. The van der Waals surface area contributed by atoms with Crippen molar-refractivity contribution in [2.24, 2.45) is 17.6 Å². The summed E-state index contributed by atoms with van der Waals surface area (Å²) in [5, 5.41) is 49.3. The maximum Gasteiger partial charge on any atom is 0.255 e. The number of likely N-dealkylation sites (N-methyl/N-ethyl adjacent to an activating group) is 1. The molecule has 2 fully saturated rings. The van der Waals surface area contributed by atoms with Crippen LogP contribution in [0.3, 0.4) is 0 Å². The summed E-state index contributed by atoms with van der Waals surface area (Å²) in [5.74, 6) is -6.21. The van der Waals surface area contributed by atoms with Crippen molar-refractivity contribution >= 4 is 23.2 Å². The number of aliphatic hydroxyl groups excluding tert-OH is 2. The van der Waals surface area contributed by atoms with Gasteiger partial charge >= 0.3 is 0 Å². The van der Waals surface area contributed by atoms with Crippen LogP contribution in [0.25, 0.3) is 16.9 Å². The predicted molar refractivity (Wildman–Crippen MR) is 170 cm³/mol. The number of primary amides is 1. The first-order valence-electron chi connectivity index (χ1n) is 15.8. The van der Waals surface area contributed by atoms with Crippen LogP contribution in [0.5, 0.6) is 11.5 Å². The summed E-state index contributed by atoms with van der Waals surface area (Å²) < 4.78 is 5.74. The lowest BCUT2D eigenvalue weighted by Crippen LogP contribution is -2.65. The molecule has 4 aliphatic rings. The highest BCUT2D eigenvalue weighted by atomic mass is 16.5. The fourth-order valence-corrected chi connectivity index (χ4v) is 8.14. The van der Waals surface area contributed by atoms with Crippen LogP contribution in [-0.2, 0) is 27.3 Å². The number of nitrogens with zero attached hydrogens (tertiary/aromatic N) is 1. The molecule has 0 bridgehead atoms. The predicted octanol–water partition coefficient (Wildman–Crippen LogP) is 3.06. The number of amides is 1. The molecule has 6 rings (SSSR count). The van der Waals surface area contributed by atoms with E-state index in [4.69, 9.17) is 10.5 Å². The van der Waals surface area contributed by atoms with Gasteiger partial charge in [0.2, 0.25) is 5.78 Å². The van der Waals surface area contributed by atoms with Crippen LogP contribution in [-0.4, -0.2) is 81.7 Å². The minimum atomic E-state index is -2.68. The Bertz CT molecular complexity index is 1690. The van der Waals surface area contributed by atoms with Crippen LogP contribution < -0.4 is 15.8 Å². The largest absolute Gasteiger partial charge is 0.508 e. The van der Waals surface area contributed by atoms with Gasteiger partial charge in [0.25, 0.3) is 5.91 Å². The molecule has 0 unspecified atom stereocenters. The molecule has 4 atom stereocenters. The molecule has 1 amide bonds. The normalized spacial score (nSPS) is 26.6. The Labute approximate surface area is 267 Å². The first-order valence-corrected chi connectivity index (χ1v) is 15.8. The van der Waals surface area contributed by atoms with Crippen LogP contribution in [0.15, 0.2) is 47.2 Å². The Morgan fingerprint density at radius 1 is 1.07 bits per heavy atom. The zero-order valence-electron chi connectivity index (χ0n) is 26.3. The van der Waals surface area contributed by atoms with Crippen molar-refractivity contribution in [3.63, 3.8) is 0 Å². The monoisotopic (exact) mass is 631 g/mol. The average Bonchev–Trinajstić information content (AvgIpc) is 3.02. The number of carbonyl (C=O) groups is 3. The number of fused-ring (bicyclic) bond motifs is 3. The molecule has 244 valence electrons. The van der Waals surface area contributed by atoms with Crippen LogP contribution in [0, 0.1) is 11.8 Å². The van der Waals surface area contributed by atoms with Crippen molar-refractivity contribution < 1.29 is 39.5 Å². The second-order valence-electron chi connectivity index (χ2n) is 13.2. The van der Waals surface area contributed by atoms with E-state index in [1.54, 1.807) is 27.3 Å². The summed E-state index contributed by atoms with van der Waals surface area (Å²) in [4.78, 5) is 41.3. The van der Waals surface area contributed by atoms with E-state index in [1.807, 2.05) is 18.2 Å². The number of hydrogen-bond acceptors (Lipinski definition) is 10. The second-order valence-corrected chi connectivity index (χ2v) is 13.2. The molecule has 11 nitrogen and oxygen atoms in total. The Morgan fingerprint density at radius 2 is 1.78 bits per heavy atom. The maximum absolute atomic E-state index is 14.2. The number of ketones is 2. The molecule has 0 heterocycles. The van der Waals surface area contributed by atoms with E-state index in [-0.39, 0.29) is 29.7 Å². The summed E-state index contributed by atoms with van der Waals surface area (Å²) in [6.07, 6.45) is 6.21. The first-order chi connectivity index (χ1) is 21.9. The van der Waals surface area contributed by atoms with Crippen molar-refractivity contribution in [1.82, 2.24) is 10.2 Å². The number of rotatable bonds is 7. The van der Waals surface area contributed by atoms with Crippen molar-refractivity contribution in [2.45, 2.75) is 69.2 Å². The average molecular weight is 632 g/mol. The standard InChI is InChI=1S/C35H41N3O8/c1-38(2)29-23-15-18-14-22-20(21-13-17(9-12-25(21)46-3)16-37-19-7-5-4-6-8-19)10-11-24(39)27(22)30(40)26(18)32(42)35(23,45)33(43)28(31(29)41)34(36)44/h9-13,18-19,23,29,37,39-40,43,45H,4-8,14-16H2,1-3H3,(H2,36,44)/t18-,23-,29-,35-/m1/s1. The third-order valence-electron chi connectivity index (χ3n) is 10.4. The molecule has 2 saturated carbocycles. The van der Waals surface area contributed by atoms with Gasteiger partial charge < -0.3 is 36.2 Å². The number of hydrogen-bond donors (Lipinski definition) is 6. The first kappa shape index (κ1) is 31.8. The van der Waals surface area contributed by atoms with Crippen molar-refractivity contribution in [2.75, 3.05) is 21.2 Å². The van der Waals surface area contributed by atoms with E-state index in [1.165, 1.54) is 30.2 Å². The third kappa shape index (κ3) is 4.88. The molecule has 2 aromatic rings. The van der Waals surface area contributed by atoms with Gasteiger partial charge in [0.1, 0.15) is 28.6 Å². The van der Waals surface area contributed by atoms with E-state index in [2.05, 4.69) is 5.32 Å². The lowest BCUT2D eigenvalue weighted by Gasteiger charge is -2.50. The quantitative estimate of drug-likeness (QED) is 0.249. The zero-order valence-corrected chi connectivity index (χ0v) is 26.3. The summed E-state index contributed by atoms with van der Waals surface area (Å²) >= 11 is 0. The number of aromatic hydroxyl groups is 1. The van der Waals surface area contributed by atoms with E-state index < -0.39 is 58.0 Å². The van der Waals surface area contributed by atoms with Gasteiger partial charge in [-0.25, -0.2) is 0 Å². The number of benzene rings is 2. The van der Waals surface area contributed by atoms with Crippen molar-refractivity contribution in [3.05, 3.63) is 63.9 Å². The Balaban J connectivity index is 1.46. The van der Waals surface area contributed by atoms with Gasteiger partial charge in [-0.3, -0.25) is 19.3 Å². The van der Waals surface area contributed by atoms with E-state index >= 15 is 0 Å². The highest BCUT2D eigenvalue weighted by molar-refractivity contribution is 6.24. The minimum absolute atomic E-state index is 0.0172. The Hall–Kier alpha value is -4.19. The molecule has 0 aromatic heterocycles. The van der Waals surface area contributed by atoms with Gasteiger partial charge in [-0.15, -0.1) is 0 Å². The smallest absolute Gasteiger partial charge is 0.255 e. The van der Waals surface area contributed by atoms with Crippen molar-refractivity contribution in [1.29, 1.82) is 0 Å². The molecule has 46 heavy (non-hydrogen) atoms. The zero-order chi connectivity index (χ0) is 33.1. The molecule has 2 aromatic carbocycles. The van der Waals surface area contributed by atoms with Crippen LogP contribution in [0.2, 0.25) is 0 Å². The van der Waals surface area contributed by atoms with E-state index in [0.717, 1.165) is 24.0 Å². The second kappa shape index (κ2) is 11.9. The number of phenolic OH excluding ortho intramolecular Hbond substituents is 1. The van der Waals surface area contributed by atoms with Gasteiger partial charge in [-0.1, -0.05) is 31.4 Å². The van der Waals surface area contributed by atoms with Gasteiger partial charge in [-0.2, -0.15) is 0 Å². The Morgan fingerprint density at radius 3 is 2.43 bits per heavy atom. The number of methoxy groups -OCH3 is 1.